The molecule has 0 aliphatic carbocycles. The Kier molecular flexibility index (Phi) is 5.25. The first-order valence-electron chi connectivity index (χ1n) is 9.19. The van der Waals surface area contributed by atoms with Crippen molar-refractivity contribution in [3.63, 3.8) is 0 Å². The molecule has 0 saturated carbocycles. The smallest absolute Gasteiger partial charge is 0.352 e. The summed E-state index contributed by atoms with van der Waals surface area (Å²) in [5, 5.41) is 0.669. The van der Waals surface area contributed by atoms with Gasteiger partial charge < -0.3 is 9.80 Å². The van der Waals surface area contributed by atoms with Crippen molar-refractivity contribution in [2.75, 3.05) is 36.0 Å². The SMILES string of the molecule is Cc1ccc(N2CCN(c3ncn(Cc4ccc(Cl)cc4)c(=O)n3)CC2)nc1. The fourth-order valence-electron chi connectivity index (χ4n) is 3.18. The average Bonchev–Trinajstić information content (AvgIpc) is 2.72. The van der Waals surface area contributed by atoms with E-state index < -0.39 is 0 Å². The van der Waals surface area contributed by atoms with E-state index in [0.717, 1.165) is 43.1 Å². The van der Waals surface area contributed by atoms with Crippen LogP contribution in [-0.2, 0) is 6.54 Å². The number of anilines is 2. The minimum absolute atomic E-state index is 0.303. The van der Waals surface area contributed by atoms with Gasteiger partial charge in [0.15, 0.2) is 0 Å². The summed E-state index contributed by atoms with van der Waals surface area (Å²) in [6, 6.07) is 11.5. The number of aromatic nitrogens is 4. The third-order valence-corrected chi connectivity index (χ3v) is 5.05. The Morgan fingerprint density at radius 1 is 0.964 bits per heavy atom. The molecule has 0 amide bonds. The summed E-state index contributed by atoms with van der Waals surface area (Å²) < 4.78 is 1.50. The molecule has 3 aromatic rings. The number of halogens is 1. The molecule has 1 saturated heterocycles. The van der Waals surface area contributed by atoms with Crippen LogP contribution >= 0.6 is 11.6 Å². The molecular formula is C20H21ClN6O. The van der Waals surface area contributed by atoms with Crippen molar-refractivity contribution in [2.24, 2.45) is 0 Å². The molecule has 0 unspecified atom stereocenters. The molecule has 1 aliphatic rings. The van der Waals surface area contributed by atoms with Crippen molar-refractivity contribution in [2.45, 2.75) is 13.5 Å². The van der Waals surface area contributed by atoms with Gasteiger partial charge in [0.1, 0.15) is 12.1 Å². The van der Waals surface area contributed by atoms with Crippen LogP contribution in [0.3, 0.4) is 0 Å². The number of hydrogen-bond acceptors (Lipinski definition) is 6. The molecule has 0 bridgehead atoms. The van der Waals surface area contributed by atoms with Crippen LogP contribution in [0, 0.1) is 6.92 Å². The second-order valence-electron chi connectivity index (χ2n) is 6.86. The molecule has 7 nitrogen and oxygen atoms in total. The van der Waals surface area contributed by atoms with Crippen LogP contribution in [-0.4, -0.2) is 45.7 Å². The van der Waals surface area contributed by atoms with Gasteiger partial charge in [0.25, 0.3) is 0 Å². The monoisotopic (exact) mass is 396 g/mol. The van der Waals surface area contributed by atoms with Crippen molar-refractivity contribution in [1.29, 1.82) is 0 Å². The van der Waals surface area contributed by atoms with Gasteiger partial charge in [-0.15, -0.1) is 0 Å². The Morgan fingerprint density at radius 3 is 2.32 bits per heavy atom. The average molecular weight is 397 g/mol. The Morgan fingerprint density at radius 2 is 1.68 bits per heavy atom. The van der Waals surface area contributed by atoms with Crippen LogP contribution in [0.1, 0.15) is 11.1 Å². The van der Waals surface area contributed by atoms with E-state index in [9.17, 15) is 4.79 Å². The number of hydrogen-bond donors (Lipinski definition) is 0. The molecule has 8 heteroatoms. The van der Waals surface area contributed by atoms with E-state index in [2.05, 4.69) is 25.9 Å². The Labute approximate surface area is 168 Å². The normalized spacial score (nSPS) is 14.4. The topological polar surface area (TPSA) is 67.2 Å². The van der Waals surface area contributed by atoms with E-state index in [1.807, 2.05) is 36.2 Å². The molecule has 0 atom stereocenters. The molecule has 0 radical (unpaired) electrons. The van der Waals surface area contributed by atoms with E-state index in [4.69, 9.17) is 11.6 Å². The predicted molar refractivity (Wildman–Crippen MR) is 110 cm³/mol. The molecule has 1 fully saturated rings. The lowest BCUT2D eigenvalue weighted by atomic mass is 10.2. The molecule has 0 spiro atoms. The minimum atomic E-state index is -0.303. The van der Waals surface area contributed by atoms with Crippen molar-refractivity contribution in [3.05, 3.63) is 75.6 Å². The summed E-state index contributed by atoms with van der Waals surface area (Å²) >= 11 is 5.90. The van der Waals surface area contributed by atoms with Crippen LogP contribution < -0.4 is 15.5 Å². The maximum absolute atomic E-state index is 12.4. The predicted octanol–water partition coefficient (Wildman–Crippen LogP) is 2.37. The van der Waals surface area contributed by atoms with E-state index in [0.29, 0.717) is 17.5 Å². The molecule has 3 heterocycles. The number of nitrogens with zero attached hydrogens (tertiary/aromatic N) is 6. The highest BCUT2D eigenvalue weighted by Crippen LogP contribution is 2.16. The Hall–Kier alpha value is -2.93. The van der Waals surface area contributed by atoms with Crippen molar-refractivity contribution in [1.82, 2.24) is 19.5 Å². The Balaban J connectivity index is 1.41. The summed E-state index contributed by atoms with van der Waals surface area (Å²) in [7, 11) is 0. The van der Waals surface area contributed by atoms with Crippen LogP contribution in [0.2, 0.25) is 5.02 Å². The largest absolute Gasteiger partial charge is 0.353 e. The first kappa shape index (κ1) is 18.4. The van der Waals surface area contributed by atoms with Crippen molar-refractivity contribution < 1.29 is 0 Å². The fraction of sp³-hybridized carbons (Fsp3) is 0.300. The Bertz CT molecular complexity index is 994. The quantitative estimate of drug-likeness (QED) is 0.674. The zero-order valence-corrected chi connectivity index (χ0v) is 16.4. The summed E-state index contributed by atoms with van der Waals surface area (Å²) in [6.07, 6.45) is 3.44. The van der Waals surface area contributed by atoms with Gasteiger partial charge >= 0.3 is 5.69 Å². The van der Waals surface area contributed by atoms with Gasteiger partial charge in [-0.25, -0.2) is 14.8 Å². The number of pyridine rings is 1. The zero-order valence-electron chi connectivity index (χ0n) is 15.6. The molecular weight excluding hydrogens is 376 g/mol. The number of aryl methyl sites for hydroxylation is 1. The standard InChI is InChI=1S/C20H21ClN6O/c1-15-2-7-18(22-12-15)25-8-10-26(11-9-25)19-23-14-27(20(28)24-19)13-16-3-5-17(21)6-4-16/h2-7,12,14H,8-11,13H2,1H3. The number of benzene rings is 1. The maximum Gasteiger partial charge on any atom is 0.352 e. The van der Waals surface area contributed by atoms with Gasteiger partial charge in [0.05, 0.1) is 6.54 Å². The minimum Gasteiger partial charge on any atom is -0.353 e. The molecule has 2 aromatic heterocycles. The van der Waals surface area contributed by atoms with Gasteiger partial charge in [0, 0.05) is 37.4 Å². The van der Waals surface area contributed by atoms with E-state index in [-0.39, 0.29) is 5.69 Å². The highest BCUT2D eigenvalue weighted by atomic mass is 35.5. The molecule has 28 heavy (non-hydrogen) atoms. The highest BCUT2D eigenvalue weighted by molar-refractivity contribution is 6.30. The van der Waals surface area contributed by atoms with Gasteiger partial charge in [-0.05, 0) is 36.2 Å². The molecule has 144 valence electrons. The van der Waals surface area contributed by atoms with Gasteiger partial charge in [-0.3, -0.25) is 4.57 Å². The summed E-state index contributed by atoms with van der Waals surface area (Å²) in [5.41, 5.74) is 1.82. The lowest BCUT2D eigenvalue weighted by molar-refractivity contribution is 0.619. The molecule has 0 N–H and O–H groups in total. The molecule has 1 aromatic carbocycles. The molecule has 4 rings (SSSR count). The van der Waals surface area contributed by atoms with E-state index in [1.54, 1.807) is 18.5 Å². The second kappa shape index (κ2) is 7.98. The van der Waals surface area contributed by atoms with Crippen LogP contribution in [0.4, 0.5) is 11.8 Å². The molecule has 1 aliphatic heterocycles. The van der Waals surface area contributed by atoms with Gasteiger partial charge in [0.2, 0.25) is 5.95 Å². The van der Waals surface area contributed by atoms with Crippen LogP contribution in [0.25, 0.3) is 0 Å². The third kappa shape index (κ3) is 4.14. The second-order valence-corrected chi connectivity index (χ2v) is 7.30. The maximum atomic E-state index is 12.4. The van der Waals surface area contributed by atoms with E-state index >= 15 is 0 Å². The van der Waals surface area contributed by atoms with Crippen molar-refractivity contribution in [3.8, 4) is 0 Å². The van der Waals surface area contributed by atoms with Crippen LogP contribution in [0.5, 0.6) is 0 Å². The summed E-state index contributed by atoms with van der Waals surface area (Å²) in [5.74, 6) is 1.46. The number of piperazine rings is 1. The number of rotatable bonds is 4. The third-order valence-electron chi connectivity index (χ3n) is 4.80. The lowest BCUT2D eigenvalue weighted by Crippen LogP contribution is -2.48. The first-order valence-corrected chi connectivity index (χ1v) is 9.57. The van der Waals surface area contributed by atoms with E-state index in [1.165, 1.54) is 4.57 Å². The lowest BCUT2D eigenvalue weighted by Gasteiger charge is -2.35. The first-order chi connectivity index (χ1) is 13.6. The highest BCUT2D eigenvalue weighted by Gasteiger charge is 2.20. The van der Waals surface area contributed by atoms with Crippen molar-refractivity contribution >= 4 is 23.4 Å². The van der Waals surface area contributed by atoms with Gasteiger partial charge in [-0.1, -0.05) is 29.8 Å². The van der Waals surface area contributed by atoms with Crippen LogP contribution in [0.15, 0.2) is 53.7 Å². The summed E-state index contributed by atoms with van der Waals surface area (Å²) in [6.45, 7) is 5.57. The summed E-state index contributed by atoms with van der Waals surface area (Å²) in [4.78, 5) is 29.8. The fourth-order valence-corrected chi connectivity index (χ4v) is 3.31. The van der Waals surface area contributed by atoms with Gasteiger partial charge in [-0.2, -0.15) is 4.98 Å². The zero-order chi connectivity index (χ0) is 19.5.